The van der Waals surface area contributed by atoms with E-state index in [1.807, 2.05) is 16.8 Å². The van der Waals surface area contributed by atoms with Crippen LogP contribution in [-0.4, -0.2) is 22.8 Å². The first kappa shape index (κ1) is 17.3. The van der Waals surface area contributed by atoms with Crippen molar-refractivity contribution in [3.05, 3.63) is 77.1 Å². The standard InChI is InChI=1S/C21H21N3O3/c1-14-7-9-15(10-8-14)20-12-24-16(13-27-20)11-18(23-24)21(25)22-17-5-3-4-6-19(17)26-2/h3-11,20H,12-13H2,1-2H3,(H,22,25)/t20-/m0/s1. The van der Waals surface area contributed by atoms with Gasteiger partial charge in [-0.15, -0.1) is 0 Å². The third-order valence-corrected chi connectivity index (χ3v) is 4.67. The molecule has 2 heterocycles. The van der Waals surface area contributed by atoms with Crippen molar-refractivity contribution in [2.45, 2.75) is 26.2 Å². The molecule has 1 N–H and O–H groups in total. The zero-order valence-electron chi connectivity index (χ0n) is 15.3. The summed E-state index contributed by atoms with van der Waals surface area (Å²) in [5.41, 5.74) is 4.20. The summed E-state index contributed by atoms with van der Waals surface area (Å²) in [6.07, 6.45) is -0.0665. The van der Waals surface area contributed by atoms with Crippen LogP contribution in [0.1, 0.15) is 33.4 Å². The molecule has 2 aromatic carbocycles. The van der Waals surface area contributed by atoms with E-state index in [2.05, 4.69) is 41.6 Å². The normalized spacial score (nSPS) is 15.9. The molecule has 0 unspecified atom stereocenters. The summed E-state index contributed by atoms with van der Waals surface area (Å²) in [5.74, 6) is 0.339. The molecule has 0 fully saturated rings. The summed E-state index contributed by atoms with van der Waals surface area (Å²) in [5, 5.41) is 7.33. The Labute approximate surface area is 157 Å². The molecular formula is C21H21N3O3. The molecule has 4 rings (SSSR count). The molecule has 0 saturated heterocycles. The largest absolute Gasteiger partial charge is 0.495 e. The van der Waals surface area contributed by atoms with Crippen molar-refractivity contribution >= 4 is 11.6 Å². The van der Waals surface area contributed by atoms with Crippen LogP contribution in [0.4, 0.5) is 5.69 Å². The second-order valence-electron chi connectivity index (χ2n) is 6.57. The number of fused-ring (bicyclic) bond motifs is 1. The lowest BCUT2D eigenvalue weighted by Crippen LogP contribution is -2.22. The highest BCUT2D eigenvalue weighted by molar-refractivity contribution is 6.03. The summed E-state index contributed by atoms with van der Waals surface area (Å²) in [4.78, 5) is 12.6. The number of aryl methyl sites for hydroxylation is 1. The minimum Gasteiger partial charge on any atom is -0.495 e. The van der Waals surface area contributed by atoms with Gasteiger partial charge < -0.3 is 14.8 Å². The van der Waals surface area contributed by atoms with Crippen LogP contribution in [0.25, 0.3) is 0 Å². The van der Waals surface area contributed by atoms with Crippen LogP contribution in [0, 0.1) is 6.92 Å². The maximum absolute atomic E-state index is 12.6. The number of ether oxygens (including phenoxy) is 2. The van der Waals surface area contributed by atoms with Gasteiger partial charge in [-0.2, -0.15) is 5.10 Å². The molecule has 6 heteroatoms. The Kier molecular flexibility index (Phi) is 4.64. The molecule has 1 amide bonds. The molecule has 1 aliphatic heterocycles. The first-order valence-electron chi connectivity index (χ1n) is 8.83. The van der Waals surface area contributed by atoms with Crippen molar-refractivity contribution in [2.75, 3.05) is 12.4 Å². The minimum atomic E-state index is -0.270. The van der Waals surface area contributed by atoms with E-state index >= 15 is 0 Å². The van der Waals surface area contributed by atoms with E-state index in [1.54, 1.807) is 25.3 Å². The van der Waals surface area contributed by atoms with Gasteiger partial charge in [0.2, 0.25) is 0 Å². The predicted octanol–water partition coefficient (Wildman–Crippen LogP) is 3.72. The molecule has 27 heavy (non-hydrogen) atoms. The predicted molar refractivity (Wildman–Crippen MR) is 102 cm³/mol. The van der Waals surface area contributed by atoms with Crippen LogP contribution in [-0.2, 0) is 17.9 Å². The Hall–Kier alpha value is -3.12. The summed E-state index contributed by atoms with van der Waals surface area (Å²) < 4.78 is 13.1. The highest BCUT2D eigenvalue weighted by atomic mass is 16.5. The molecule has 1 aromatic heterocycles. The molecule has 0 saturated carbocycles. The number of nitrogens with zero attached hydrogens (tertiary/aromatic N) is 2. The molecule has 0 spiro atoms. The lowest BCUT2D eigenvalue weighted by atomic mass is 10.1. The number of carbonyl (C=O) groups is 1. The zero-order valence-corrected chi connectivity index (χ0v) is 15.3. The van der Waals surface area contributed by atoms with Crippen molar-refractivity contribution in [1.82, 2.24) is 9.78 Å². The monoisotopic (exact) mass is 363 g/mol. The fraction of sp³-hybridized carbons (Fsp3) is 0.238. The van der Waals surface area contributed by atoms with Crippen molar-refractivity contribution in [2.24, 2.45) is 0 Å². The van der Waals surface area contributed by atoms with Gasteiger partial charge in [0.25, 0.3) is 5.91 Å². The van der Waals surface area contributed by atoms with E-state index in [0.29, 0.717) is 30.3 Å². The average molecular weight is 363 g/mol. The molecule has 6 nitrogen and oxygen atoms in total. The van der Waals surface area contributed by atoms with Crippen LogP contribution in [0.2, 0.25) is 0 Å². The molecule has 138 valence electrons. The topological polar surface area (TPSA) is 65.4 Å². The molecule has 0 aliphatic carbocycles. The Morgan fingerprint density at radius 2 is 2.00 bits per heavy atom. The van der Waals surface area contributed by atoms with Crippen LogP contribution in [0.5, 0.6) is 5.75 Å². The Balaban J connectivity index is 1.51. The summed E-state index contributed by atoms with van der Waals surface area (Å²) in [6, 6.07) is 17.4. The second kappa shape index (κ2) is 7.25. The van der Waals surface area contributed by atoms with E-state index in [4.69, 9.17) is 9.47 Å². The number of methoxy groups -OCH3 is 1. The average Bonchev–Trinajstić information content (AvgIpc) is 3.12. The smallest absolute Gasteiger partial charge is 0.276 e. The van der Waals surface area contributed by atoms with E-state index < -0.39 is 0 Å². The Bertz CT molecular complexity index is 963. The fourth-order valence-electron chi connectivity index (χ4n) is 3.15. The summed E-state index contributed by atoms with van der Waals surface area (Å²) >= 11 is 0. The molecule has 0 radical (unpaired) electrons. The van der Waals surface area contributed by atoms with Gasteiger partial charge in [-0.25, -0.2) is 0 Å². The lowest BCUT2D eigenvalue weighted by Gasteiger charge is -2.24. The van der Waals surface area contributed by atoms with Crippen LogP contribution < -0.4 is 10.1 Å². The van der Waals surface area contributed by atoms with Crippen molar-refractivity contribution in [1.29, 1.82) is 0 Å². The number of benzene rings is 2. The Morgan fingerprint density at radius 1 is 1.22 bits per heavy atom. The summed E-state index contributed by atoms with van der Waals surface area (Å²) in [7, 11) is 1.57. The molecule has 0 bridgehead atoms. The number of anilines is 1. The maximum atomic E-state index is 12.6. The SMILES string of the molecule is COc1ccccc1NC(=O)c1cc2n(n1)C[C@@H](c1ccc(C)cc1)OC2. The molecule has 1 atom stereocenters. The first-order valence-corrected chi connectivity index (χ1v) is 8.83. The Morgan fingerprint density at radius 3 is 2.78 bits per heavy atom. The van der Waals surface area contributed by atoms with Crippen LogP contribution in [0.15, 0.2) is 54.6 Å². The molecular weight excluding hydrogens is 342 g/mol. The first-order chi connectivity index (χ1) is 13.1. The molecule has 3 aromatic rings. The van der Waals surface area contributed by atoms with Gasteiger partial charge >= 0.3 is 0 Å². The van der Waals surface area contributed by atoms with Gasteiger partial charge in [0.1, 0.15) is 11.9 Å². The third-order valence-electron chi connectivity index (χ3n) is 4.67. The van der Waals surface area contributed by atoms with Gasteiger partial charge in [-0.3, -0.25) is 9.48 Å². The van der Waals surface area contributed by atoms with E-state index in [9.17, 15) is 4.79 Å². The summed E-state index contributed by atoms with van der Waals surface area (Å²) in [6.45, 7) is 3.07. The quantitative estimate of drug-likeness (QED) is 0.767. The van der Waals surface area contributed by atoms with Gasteiger partial charge in [-0.1, -0.05) is 42.0 Å². The fourth-order valence-corrected chi connectivity index (χ4v) is 3.15. The van der Waals surface area contributed by atoms with E-state index in [0.717, 1.165) is 11.3 Å². The highest BCUT2D eigenvalue weighted by Crippen LogP contribution is 2.28. The van der Waals surface area contributed by atoms with Crippen molar-refractivity contribution in [3.63, 3.8) is 0 Å². The van der Waals surface area contributed by atoms with Crippen LogP contribution >= 0.6 is 0 Å². The molecule has 1 aliphatic rings. The number of carbonyl (C=O) groups excluding carboxylic acids is 1. The van der Waals surface area contributed by atoms with Gasteiger partial charge in [0, 0.05) is 0 Å². The van der Waals surface area contributed by atoms with Gasteiger partial charge in [-0.05, 0) is 30.7 Å². The number of hydrogen-bond acceptors (Lipinski definition) is 4. The van der Waals surface area contributed by atoms with E-state index in [-0.39, 0.29) is 12.0 Å². The number of hydrogen-bond donors (Lipinski definition) is 1. The van der Waals surface area contributed by atoms with Crippen molar-refractivity contribution in [3.8, 4) is 5.75 Å². The maximum Gasteiger partial charge on any atom is 0.276 e. The second-order valence-corrected chi connectivity index (χ2v) is 6.57. The number of aromatic nitrogens is 2. The third kappa shape index (κ3) is 3.57. The highest BCUT2D eigenvalue weighted by Gasteiger charge is 2.24. The van der Waals surface area contributed by atoms with Crippen LogP contribution in [0.3, 0.4) is 0 Å². The zero-order chi connectivity index (χ0) is 18.8. The minimum absolute atomic E-state index is 0.0665. The van der Waals surface area contributed by atoms with Crippen molar-refractivity contribution < 1.29 is 14.3 Å². The number of nitrogens with one attached hydrogen (secondary N) is 1. The number of para-hydroxylation sites is 2. The van der Waals surface area contributed by atoms with E-state index in [1.165, 1.54) is 5.56 Å². The lowest BCUT2D eigenvalue weighted by molar-refractivity contribution is -0.00119. The number of rotatable bonds is 4. The van der Waals surface area contributed by atoms with Gasteiger partial charge in [0.15, 0.2) is 5.69 Å². The van der Waals surface area contributed by atoms with Gasteiger partial charge in [0.05, 0.1) is 31.6 Å². The number of amides is 1.